The molecule has 0 aliphatic heterocycles. The number of aliphatic hydroxyl groups is 2. The van der Waals surface area contributed by atoms with Crippen molar-refractivity contribution in [3.05, 3.63) is 24.3 Å². The second kappa shape index (κ2) is 53.3. The highest BCUT2D eigenvalue weighted by molar-refractivity contribution is 5.78. The molecule has 1 amide bonds. The molecule has 0 spiro atoms. The first-order valence-corrected chi connectivity index (χ1v) is 29.1. The highest BCUT2D eigenvalue weighted by Crippen LogP contribution is 2.18. The quantitative estimate of drug-likeness (QED) is 0.0321. The van der Waals surface area contributed by atoms with Crippen LogP contribution in [0.5, 0.6) is 0 Å². The van der Waals surface area contributed by atoms with Crippen LogP contribution in [0.1, 0.15) is 316 Å². The van der Waals surface area contributed by atoms with Crippen molar-refractivity contribution in [2.45, 2.75) is 334 Å². The van der Waals surface area contributed by atoms with Crippen molar-refractivity contribution in [1.29, 1.82) is 0 Å². The molecule has 0 rings (SSSR count). The maximum Gasteiger partial charge on any atom is 0.306 e. The lowest BCUT2D eigenvalue weighted by atomic mass is 10.0. The first-order valence-electron chi connectivity index (χ1n) is 29.1. The van der Waals surface area contributed by atoms with Crippen LogP contribution in [0.3, 0.4) is 0 Å². The Balaban J connectivity index is 4.46. The molecule has 0 bridgehead atoms. The topological polar surface area (TPSA) is 95.9 Å². The molecule has 3 unspecified atom stereocenters. The molecule has 6 nitrogen and oxygen atoms in total. The van der Waals surface area contributed by atoms with Gasteiger partial charge in [0.25, 0.3) is 0 Å². The highest BCUT2D eigenvalue weighted by atomic mass is 16.5. The van der Waals surface area contributed by atoms with Crippen molar-refractivity contribution in [3.63, 3.8) is 0 Å². The van der Waals surface area contributed by atoms with Crippen molar-refractivity contribution < 1.29 is 24.5 Å². The van der Waals surface area contributed by atoms with Gasteiger partial charge in [-0.1, -0.05) is 289 Å². The summed E-state index contributed by atoms with van der Waals surface area (Å²) in [7, 11) is 0. The van der Waals surface area contributed by atoms with E-state index in [0.717, 1.165) is 51.4 Å². The van der Waals surface area contributed by atoms with E-state index in [9.17, 15) is 19.8 Å². The van der Waals surface area contributed by atoms with Crippen LogP contribution in [0.2, 0.25) is 0 Å². The third kappa shape index (κ3) is 48.6. The second-order valence-electron chi connectivity index (χ2n) is 20.1. The fraction of sp³-hybridized carbons (Fsp3) is 0.898. The number of unbranched alkanes of at least 4 members (excludes halogenated alkanes) is 39. The van der Waals surface area contributed by atoms with Gasteiger partial charge in [0.2, 0.25) is 5.91 Å². The molecule has 384 valence electrons. The summed E-state index contributed by atoms with van der Waals surface area (Å²) in [6, 6.07) is -0.728. The smallest absolute Gasteiger partial charge is 0.306 e. The maximum absolute atomic E-state index is 13.2. The van der Waals surface area contributed by atoms with E-state index in [2.05, 4.69) is 38.2 Å². The summed E-state index contributed by atoms with van der Waals surface area (Å²) in [6.45, 7) is 6.49. The minimum Gasteiger partial charge on any atom is -0.458 e. The minimum atomic E-state index is -0.807. The molecule has 0 heterocycles. The van der Waals surface area contributed by atoms with E-state index in [1.54, 1.807) is 0 Å². The molecule has 0 aliphatic carbocycles. The molecule has 0 aromatic heterocycles. The number of hydrogen-bond acceptors (Lipinski definition) is 5. The summed E-state index contributed by atoms with van der Waals surface area (Å²) in [5.41, 5.74) is 0. The summed E-state index contributed by atoms with van der Waals surface area (Å²) in [6.07, 6.45) is 62.8. The number of hydrogen-bond donors (Lipinski definition) is 3. The first-order chi connectivity index (χ1) is 32.0. The first kappa shape index (κ1) is 63.3. The second-order valence-corrected chi connectivity index (χ2v) is 20.1. The van der Waals surface area contributed by atoms with Gasteiger partial charge < -0.3 is 20.3 Å². The minimum absolute atomic E-state index is 0.0226. The lowest BCUT2D eigenvalue weighted by Gasteiger charge is -2.23. The van der Waals surface area contributed by atoms with Crippen LogP contribution in [-0.2, 0) is 14.3 Å². The van der Waals surface area contributed by atoms with Crippen LogP contribution in [0.15, 0.2) is 24.3 Å². The number of carbonyl (C=O) groups excluding carboxylic acids is 2. The van der Waals surface area contributed by atoms with Gasteiger partial charge in [-0.05, 0) is 38.2 Å². The molecular formula is C59H113NO5. The number of esters is 1. The molecule has 0 saturated carbocycles. The Morgan fingerprint density at radius 2 is 0.815 bits per heavy atom. The van der Waals surface area contributed by atoms with E-state index >= 15 is 0 Å². The third-order valence-corrected chi connectivity index (χ3v) is 13.5. The molecule has 0 aliphatic rings. The third-order valence-electron chi connectivity index (χ3n) is 13.5. The zero-order valence-electron chi connectivity index (χ0n) is 43.9. The van der Waals surface area contributed by atoms with Gasteiger partial charge in [0.05, 0.1) is 25.2 Å². The number of aliphatic hydroxyl groups excluding tert-OH is 2. The van der Waals surface area contributed by atoms with Gasteiger partial charge in [0, 0.05) is 6.42 Å². The average Bonchev–Trinajstić information content (AvgIpc) is 3.30. The lowest BCUT2D eigenvalue weighted by molar-refractivity contribution is -0.148. The number of amides is 1. The fourth-order valence-corrected chi connectivity index (χ4v) is 9.10. The Kier molecular flexibility index (Phi) is 51.9. The van der Waals surface area contributed by atoms with Crippen molar-refractivity contribution in [2.24, 2.45) is 0 Å². The Labute approximate surface area is 405 Å². The normalized spacial score (nSPS) is 13.2. The standard InChI is InChI=1S/C59H113NO5/c1-4-7-10-13-16-19-22-24-26-28-30-32-34-37-40-43-46-49-52-59(64)65-55(50-47-44-41-38-35-21-18-15-12-9-6-3)53-58(63)60-56(54-61)57(62)51-48-45-42-39-36-33-31-29-27-25-23-20-17-14-11-8-5-2/h38,41,47,50,55-57,61-62H,4-37,39-40,42-46,48-49,51-54H2,1-3H3,(H,60,63)/b41-38-,50-47+. The predicted molar refractivity (Wildman–Crippen MR) is 283 cm³/mol. The Hall–Kier alpha value is -1.66. The Morgan fingerprint density at radius 1 is 0.462 bits per heavy atom. The summed E-state index contributed by atoms with van der Waals surface area (Å²) in [5.74, 6) is -0.583. The van der Waals surface area contributed by atoms with Crippen molar-refractivity contribution in [3.8, 4) is 0 Å². The summed E-state index contributed by atoms with van der Waals surface area (Å²) in [5, 5.41) is 23.8. The summed E-state index contributed by atoms with van der Waals surface area (Å²) < 4.78 is 5.85. The SMILES string of the molecule is CCCCCCCC/C=C\C/C=C/C(CC(=O)NC(CO)C(O)CCCCCCCCCCCCCCCCCCC)OC(=O)CCCCCCCCCCCCCCCCCCCC. The van der Waals surface area contributed by atoms with Crippen LogP contribution < -0.4 is 5.32 Å². The molecule has 6 heteroatoms. The molecule has 3 N–H and O–H groups in total. The maximum atomic E-state index is 13.2. The number of ether oxygens (including phenoxy) is 1. The number of allylic oxidation sites excluding steroid dienone is 3. The molecule has 65 heavy (non-hydrogen) atoms. The van der Waals surface area contributed by atoms with E-state index in [-0.39, 0.29) is 24.9 Å². The zero-order chi connectivity index (χ0) is 47.4. The Bertz CT molecular complexity index is 1030. The van der Waals surface area contributed by atoms with E-state index in [4.69, 9.17) is 4.74 Å². The molecule has 0 fully saturated rings. The van der Waals surface area contributed by atoms with Crippen LogP contribution in [0.4, 0.5) is 0 Å². The van der Waals surface area contributed by atoms with Gasteiger partial charge in [-0.3, -0.25) is 9.59 Å². The number of nitrogens with one attached hydrogen (secondary N) is 1. The van der Waals surface area contributed by atoms with Crippen LogP contribution >= 0.6 is 0 Å². The van der Waals surface area contributed by atoms with Crippen LogP contribution in [0.25, 0.3) is 0 Å². The van der Waals surface area contributed by atoms with Gasteiger partial charge in [0.1, 0.15) is 6.10 Å². The number of carbonyl (C=O) groups is 2. The zero-order valence-corrected chi connectivity index (χ0v) is 43.9. The van der Waals surface area contributed by atoms with Gasteiger partial charge in [-0.25, -0.2) is 0 Å². The van der Waals surface area contributed by atoms with E-state index in [1.165, 1.54) is 225 Å². The monoisotopic (exact) mass is 916 g/mol. The fourth-order valence-electron chi connectivity index (χ4n) is 9.10. The van der Waals surface area contributed by atoms with Gasteiger partial charge >= 0.3 is 5.97 Å². The highest BCUT2D eigenvalue weighted by Gasteiger charge is 2.23. The molecule has 3 atom stereocenters. The van der Waals surface area contributed by atoms with Crippen LogP contribution in [0, 0.1) is 0 Å². The molecule has 0 saturated heterocycles. The van der Waals surface area contributed by atoms with Crippen LogP contribution in [-0.4, -0.2) is 46.9 Å². The summed E-state index contributed by atoms with van der Waals surface area (Å²) >= 11 is 0. The molecule has 0 aromatic carbocycles. The van der Waals surface area contributed by atoms with Crippen molar-refractivity contribution >= 4 is 11.9 Å². The van der Waals surface area contributed by atoms with E-state index in [1.807, 2.05) is 12.2 Å². The average molecular weight is 917 g/mol. The van der Waals surface area contributed by atoms with Gasteiger partial charge in [-0.2, -0.15) is 0 Å². The van der Waals surface area contributed by atoms with E-state index < -0.39 is 18.2 Å². The van der Waals surface area contributed by atoms with E-state index in [0.29, 0.717) is 12.8 Å². The van der Waals surface area contributed by atoms with Crippen molar-refractivity contribution in [1.82, 2.24) is 5.32 Å². The lowest BCUT2D eigenvalue weighted by Crippen LogP contribution is -2.46. The molecular weight excluding hydrogens is 803 g/mol. The summed E-state index contributed by atoms with van der Waals surface area (Å²) in [4.78, 5) is 26.2. The predicted octanol–water partition coefficient (Wildman–Crippen LogP) is 17.9. The van der Waals surface area contributed by atoms with Gasteiger partial charge in [-0.15, -0.1) is 0 Å². The number of rotatable bonds is 53. The van der Waals surface area contributed by atoms with Gasteiger partial charge in [0.15, 0.2) is 0 Å². The van der Waals surface area contributed by atoms with Crippen molar-refractivity contribution in [2.75, 3.05) is 6.61 Å². The largest absolute Gasteiger partial charge is 0.458 e. The molecule has 0 aromatic rings. The molecule has 0 radical (unpaired) electrons. The Morgan fingerprint density at radius 3 is 1.20 bits per heavy atom.